The number of ether oxygens (including phenoxy) is 2. The van der Waals surface area contributed by atoms with Crippen molar-refractivity contribution in [2.45, 2.75) is 20.8 Å². The molecule has 0 heterocycles. The molecule has 140 valence electrons. The van der Waals surface area contributed by atoms with Crippen molar-refractivity contribution in [3.8, 4) is 11.5 Å². The molecule has 0 aliphatic rings. The van der Waals surface area contributed by atoms with Crippen molar-refractivity contribution in [2.75, 3.05) is 38.7 Å². The number of anilines is 1. The zero-order chi connectivity index (χ0) is 18.9. The zero-order valence-electron chi connectivity index (χ0n) is 16.1. The van der Waals surface area contributed by atoms with Crippen LogP contribution in [0.25, 0.3) is 0 Å². The Labute approximate surface area is 155 Å². The van der Waals surface area contributed by atoms with Crippen LogP contribution in [-0.2, 0) is 4.79 Å². The molecule has 0 saturated heterocycles. The molecule has 26 heavy (non-hydrogen) atoms. The van der Waals surface area contributed by atoms with Crippen molar-refractivity contribution < 1.29 is 19.2 Å². The fourth-order valence-corrected chi connectivity index (χ4v) is 2.59. The van der Waals surface area contributed by atoms with Gasteiger partial charge in [-0.15, -0.1) is 0 Å². The molecule has 5 heteroatoms. The van der Waals surface area contributed by atoms with E-state index in [1.807, 2.05) is 70.3 Å². The SMILES string of the molecule is CCOc1ccc(OCC[NH+](C)CC(=O)Nc2cccc(C)c2C)cc1. The Hall–Kier alpha value is -2.53. The number of hydrogen-bond donors (Lipinski definition) is 2. The highest BCUT2D eigenvalue weighted by atomic mass is 16.5. The van der Waals surface area contributed by atoms with Gasteiger partial charge in [-0.25, -0.2) is 0 Å². The van der Waals surface area contributed by atoms with Crippen molar-refractivity contribution in [2.24, 2.45) is 0 Å². The number of likely N-dealkylation sites (N-methyl/N-ethyl adjacent to an activating group) is 1. The molecular weight excluding hydrogens is 328 g/mol. The van der Waals surface area contributed by atoms with Crippen molar-refractivity contribution in [3.05, 3.63) is 53.6 Å². The van der Waals surface area contributed by atoms with E-state index in [9.17, 15) is 4.79 Å². The van der Waals surface area contributed by atoms with E-state index in [2.05, 4.69) is 5.32 Å². The Morgan fingerprint density at radius 3 is 2.35 bits per heavy atom. The minimum Gasteiger partial charge on any atom is -0.494 e. The average Bonchev–Trinajstić information content (AvgIpc) is 2.60. The van der Waals surface area contributed by atoms with Gasteiger partial charge in [0.05, 0.1) is 13.7 Å². The summed E-state index contributed by atoms with van der Waals surface area (Å²) in [6.07, 6.45) is 0. The van der Waals surface area contributed by atoms with Crippen LogP contribution in [0.2, 0.25) is 0 Å². The third-order valence-electron chi connectivity index (χ3n) is 4.27. The molecule has 1 atom stereocenters. The molecule has 0 radical (unpaired) electrons. The van der Waals surface area contributed by atoms with E-state index in [1.165, 1.54) is 5.56 Å². The van der Waals surface area contributed by atoms with Crippen LogP contribution in [0.5, 0.6) is 11.5 Å². The molecule has 2 rings (SSSR count). The van der Waals surface area contributed by atoms with Gasteiger partial charge in [-0.05, 0) is 62.2 Å². The number of benzene rings is 2. The first-order valence-electron chi connectivity index (χ1n) is 9.02. The predicted molar refractivity (Wildman–Crippen MR) is 104 cm³/mol. The fourth-order valence-electron chi connectivity index (χ4n) is 2.59. The van der Waals surface area contributed by atoms with Crippen LogP contribution in [-0.4, -0.2) is 39.3 Å². The van der Waals surface area contributed by atoms with E-state index in [4.69, 9.17) is 9.47 Å². The summed E-state index contributed by atoms with van der Waals surface area (Å²) in [6, 6.07) is 13.5. The highest BCUT2D eigenvalue weighted by molar-refractivity contribution is 5.92. The summed E-state index contributed by atoms with van der Waals surface area (Å²) in [4.78, 5) is 13.3. The van der Waals surface area contributed by atoms with Crippen molar-refractivity contribution in [3.63, 3.8) is 0 Å². The van der Waals surface area contributed by atoms with Gasteiger partial charge in [0, 0.05) is 5.69 Å². The molecule has 2 aromatic rings. The monoisotopic (exact) mass is 357 g/mol. The zero-order valence-corrected chi connectivity index (χ0v) is 16.1. The Balaban J connectivity index is 1.73. The number of rotatable bonds is 9. The molecule has 0 spiro atoms. The molecule has 1 unspecified atom stereocenters. The number of aryl methyl sites for hydroxylation is 1. The van der Waals surface area contributed by atoms with Gasteiger partial charge in [0.2, 0.25) is 0 Å². The summed E-state index contributed by atoms with van der Waals surface area (Å²) < 4.78 is 11.1. The minimum absolute atomic E-state index is 0.0114. The molecule has 2 aromatic carbocycles. The highest BCUT2D eigenvalue weighted by Gasteiger charge is 2.12. The summed E-state index contributed by atoms with van der Waals surface area (Å²) in [7, 11) is 1.99. The van der Waals surface area contributed by atoms with E-state index in [-0.39, 0.29) is 5.91 Å². The summed E-state index contributed by atoms with van der Waals surface area (Å²) >= 11 is 0. The van der Waals surface area contributed by atoms with E-state index in [1.54, 1.807) is 0 Å². The van der Waals surface area contributed by atoms with Crippen LogP contribution >= 0.6 is 0 Å². The number of nitrogens with one attached hydrogen (secondary N) is 2. The standard InChI is InChI=1S/C21H28N2O3/c1-5-25-18-9-11-19(12-10-18)26-14-13-23(4)15-21(24)22-20-8-6-7-16(2)17(20)3/h6-12H,5,13-15H2,1-4H3,(H,22,24)/p+1. The second-order valence-electron chi connectivity index (χ2n) is 6.43. The summed E-state index contributed by atoms with van der Waals surface area (Å²) in [5.41, 5.74) is 3.16. The van der Waals surface area contributed by atoms with Gasteiger partial charge in [-0.2, -0.15) is 0 Å². The quantitative estimate of drug-likeness (QED) is 0.724. The molecule has 1 amide bonds. The maximum atomic E-state index is 12.2. The van der Waals surface area contributed by atoms with Crippen molar-refractivity contribution in [1.29, 1.82) is 0 Å². The molecule has 0 aliphatic carbocycles. The lowest BCUT2D eigenvalue weighted by molar-refractivity contribution is -0.871. The fraction of sp³-hybridized carbons (Fsp3) is 0.381. The number of carbonyl (C=O) groups excluding carboxylic acids is 1. The van der Waals surface area contributed by atoms with Gasteiger partial charge in [0.15, 0.2) is 6.54 Å². The topological polar surface area (TPSA) is 52.0 Å². The van der Waals surface area contributed by atoms with Gasteiger partial charge in [0.25, 0.3) is 5.91 Å². The van der Waals surface area contributed by atoms with Gasteiger partial charge in [0.1, 0.15) is 24.7 Å². The Morgan fingerprint density at radius 2 is 1.69 bits per heavy atom. The van der Waals surface area contributed by atoms with E-state index in [0.717, 1.165) is 34.2 Å². The number of hydrogen-bond acceptors (Lipinski definition) is 3. The molecular formula is C21H29N2O3+. The Morgan fingerprint density at radius 1 is 1.04 bits per heavy atom. The third kappa shape index (κ3) is 6.08. The Bertz CT molecular complexity index is 714. The van der Waals surface area contributed by atoms with Gasteiger partial charge >= 0.3 is 0 Å². The van der Waals surface area contributed by atoms with E-state index < -0.39 is 0 Å². The molecule has 0 fully saturated rings. The molecule has 0 saturated carbocycles. The second kappa shape index (κ2) is 9.82. The first kappa shape index (κ1) is 19.8. The second-order valence-corrected chi connectivity index (χ2v) is 6.43. The molecule has 0 aromatic heterocycles. The van der Waals surface area contributed by atoms with Crippen LogP contribution in [0.15, 0.2) is 42.5 Å². The van der Waals surface area contributed by atoms with Crippen LogP contribution in [0.1, 0.15) is 18.1 Å². The average molecular weight is 357 g/mol. The molecule has 0 aliphatic heterocycles. The molecule has 0 bridgehead atoms. The number of carbonyl (C=O) groups is 1. The van der Waals surface area contributed by atoms with Crippen molar-refractivity contribution >= 4 is 11.6 Å². The van der Waals surface area contributed by atoms with E-state index >= 15 is 0 Å². The summed E-state index contributed by atoms with van der Waals surface area (Å²) in [5.74, 6) is 1.66. The van der Waals surface area contributed by atoms with Gasteiger partial charge in [-0.1, -0.05) is 12.1 Å². The predicted octanol–water partition coefficient (Wildman–Crippen LogP) is 2.23. The minimum atomic E-state index is 0.0114. The van der Waals surface area contributed by atoms with Gasteiger partial charge < -0.3 is 19.7 Å². The van der Waals surface area contributed by atoms with Crippen LogP contribution in [0.3, 0.4) is 0 Å². The maximum absolute atomic E-state index is 12.2. The van der Waals surface area contributed by atoms with Gasteiger partial charge in [-0.3, -0.25) is 4.79 Å². The van der Waals surface area contributed by atoms with Crippen LogP contribution in [0, 0.1) is 13.8 Å². The first-order valence-corrected chi connectivity index (χ1v) is 9.02. The largest absolute Gasteiger partial charge is 0.494 e. The summed E-state index contributed by atoms with van der Waals surface area (Å²) in [6.45, 7) is 8.37. The maximum Gasteiger partial charge on any atom is 0.279 e. The number of amides is 1. The summed E-state index contributed by atoms with van der Waals surface area (Å²) in [5, 5.41) is 2.99. The van der Waals surface area contributed by atoms with E-state index in [0.29, 0.717) is 19.8 Å². The lowest BCUT2D eigenvalue weighted by atomic mass is 10.1. The highest BCUT2D eigenvalue weighted by Crippen LogP contribution is 2.18. The number of quaternary nitrogens is 1. The lowest BCUT2D eigenvalue weighted by Gasteiger charge is -2.15. The van der Waals surface area contributed by atoms with Crippen molar-refractivity contribution in [1.82, 2.24) is 0 Å². The smallest absolute Gasteiger partial charge is 0.279 e. The van der Waals surface area contributed by atoms with Crippen LogP contribution in [0.4, 0.5) is 5.69 Å². The molecule has 2 N–H and O–H groups in total. The Kier molecular flexibility index (Phi) is 7.48. The molecule has 5 nitrogen and oxygen atoms in total. The third-order valence-corrected chi connectivity index (χ3v) is 4.27. The van der Waals surface area contributed by atoms with Crippen LogP contribution < -0.4 is 19.7 Å². The normalized spacial score (nSPS) is 11.7. The first-order chi connectivity index (χ1) is 12.5. The lowest BCUT2D eigenvalue weighted by Crippen LogP contribution is -3.10.